The molecule has 4 heteroatoms. The zero-order valence-electron chi connectivity index (χ0n) is 11.9. The second-order valence-electron chi connectivity index (χ2n) is 5.63. The molecule has 0 amide bonds. The van der Waals surface area contributed by atoms with Crippen molar-refractivity contribution in [3.8, 4) is 0 Å². The first-order chi connectivity index (χ1) is 9.13. The zero-order chi connectivity index (χ0) is 13.8. The Hall–Kier alpha value is -0.970. The summed E-state index contributed by atoms with van der Waals surface area (Å²) in [5, 5.41) is 9.87. The lowest BCUT2D eigenvalue weighted by atomic mass is 9.91. The van der Waals surface area contributed by atoms with Crippen LogP contribution in [0.2, 0.25) is 0 Å². The molecule has 3 N–H and O–H groups in total. The first-order valence-electron chi connectivity index (χ1n) is 7.21. The minimum absolute atomic E-state index is 0.103. The van der Waals surface area contributed by atoms with E-state index in [1.54, 1.807) is 6.20 Å². The summed E-state index contributed by atoms with van der Waals surface area (Å²) in [7, 11) is 0. The van der Waals surface area contributed by atoms with Gasteiger partial charge in [0.15, 0.2) is 0 Å². The van der Waals surface area contributed by atoms with E-state index in [9.17, 15) is 5.11 Å². The molecule has 4 unspecified atom stereocenters. The normalized spacial score (nSPS) is 28.0. The summed E-state index contributed by atoms with van der Waals surface area (Å²) in [4.78, 5) is 6.62. The van der Waals surface area contributed by atoms with Crippen molar-refractivity contribution in [1.82, 2.24) is 9.88 Å². The number of rotatable bonds is 4. The molecule has 4 nitrogen and oxygen atoms in total. The number of aliphatic hydroxyl groups is 1. The average molecular weight is 263 g/mol. The number of pyridine rings is 1. The number of aromatic nitrogens is 1. The Labute approximate surface area is 115 Å². The van der Waals surface area contributed by atoms with Gasteiger partial charge in [-0.25, -0.2) is 0 Å². The van der Waals surface area contributed by atoms with Gasteiger partial charge in [-0.3, -0.25) is 9.88 Å². The molecule has 0 radical (unpaired) electrons. The van der Waals surface area contributed by atoms with E-state index < -0.39 is 0 Å². The van der Waals surface area contributed by atoms with Crippen molar-refractivity contribution < 1.29 is 5.11 Å². The molecule has 1 aliphatic heterocycles. The predicted octanol–water partition coefficient (Wildman–Crippen LogP) is 1.56. The number of piperidine rings is 1. The fraction of sp³-hybridized carbons (Fsp3) is 0.667. The Kier molecular flexibility index (Phi) is 4.91. The number of hydrogen-bond acceptors (Lipinski definition) is 4. The molecule has 2 rings (SSSR count). The molecular weight excluding hydrogens is 238 g/mol. The monoisotopic (exact) mass is 263 g/mol. The van der Waals surface area contributed by atoms with Gasteiger partial charge in [0.25, 0.3) is 0 Å². The molecule has 1 saturated heterocycles. The van der Waals surface area contributed by atoms with Gasteiger partial charge < -0.3 is 10.8 Å². The van der Waals surface area contributed by atoms with Crippen molar-refractivity contribution in [1.29, 1.82) is 0 Å². The predicted molar refractivity (Wildman–Crippen MR) is 76.6 cm³/mol. The highest BCUT2D eigenvalue weighted by Gasteiger charge is 2.32. The summed E-state index contributed by atoms with van der Waals surface area (Å²) < 4.78 is 0. The fourth-order valence-corrected chi connectivity index (χ4v) is 2.92. The lowest BCUT2D eigenvalue weighted by molar-refractivity contribution is 0.0111. The molecule has 0 aliphatic carbocycles. The number of nitrogens with two attached hydrogens (primary N) is 1. The highest BCUT2D eigenvalue weighted by Crippen LogP contribution is 2.29. The smallest absolute Gasteiger partial charge is 0.0590 e. The van der Waals surface area contributed by atoms with Crippen LogP contribution in [0.25, 0.3) is 0 Å². The first-order valence-corrected chi connectivity index (χ1v) is 7.21. The Morgan fingerprint density at radius 1 is 1.58 bits per heavy atom. The summed E-state index contributed by atoms with van der Waals surface area (Å²) in [5.41, 5.74) is 7.51. The second-order valence-corrected chi connectivity index (χ2v) is 5.63. The molecule has 1 fully saturated rings. The van der Waals surface area contributed by atoms with Crippen LogP contribution in [0.1, 0.15) is 38.3 Å². The van der Waals surface area contributed by atoms with E-state index in [1.165, 1.54) is 5.56 Å². The third-order valence-corrected chi connectivity index (χ3v) is 4.19. The molecule has 4 atom stereocenters. The van der Waals surface area contributed by atoms with Crippen LogP contribution in [0.5, 0.6) is 0 Å². The minimum Gasteiger partial charge on any atom is -0.393 e. The summed E-state index contributed by atoms with van der Waals surface area (Å²) in [5.74, 6) is 0.303. The third-order valence-electron chi connectivity index (χ3n) is 4.19. The largest absolute Gasteiger partial charge is 0.393 e. The van der Waals surface area contributed by atoms with E-state index in [0.29, 0.717) is 5.92 Å². The van der Waals surface area contributed by atoms with Gasteiger partial charge in [0.2, 0.25) is 0 Å². The molecule has 0 saturated carbocycles. The molecule has 0 aromatic carbocycles. The highest BCUT2D eigenvalue weighted by molar-refractivity contribution is 5.16. The first kappa shape index (κ1) is 14.4. The van der Waals surface area contributed by atoms with Gasteiger partial charge in [0.05, 0.1) is 12.1 Å². The van der Waals surface area contributed by atoms with E-state index in [1.807, 2.05) is 12.3 Å². The lowest BCUT2D eigenvalue weighted by Gasteiger charge is -2.41. The van der Waals surface area contributed by atoms with Crippen LogP contribution in [0, 0.1) is 5.92 Å². The van der Waals surface area contributed by atoms with Crippen molar-refractivity contribution in [3.63, 3.8) is 0 Å². The van der Waals surface area contributed by atoms with Crippen LogP contribution in [0.15, 0.2) is 24.5 Å². The van der Waals surface area contributed by atoms with Gasteiger partial charge in [0.1, 0.15) is 0 Å². The average Bonchev–Trinajstić information content (AvgIpc) is 2.44. The van der Waals surface area contributed by atoms with Gasteiger partial charge >= 0.3 is 0 Å². The van der Waals surface area contributed by atoms with Crippen LogP contribution in [-0.4, -0.2) is 40.2 Å². The number of nitrogens with zero attached hydrogens (tertiary/aromatic N) is 2. The maximum atomic E-state index is 9.87. The van der Waals surface area contributed by atoms with Gasteiger partial charge in [-0.05, 0) is 30.4 Å². The van der Waals surface area contributed by atoms with E-state index in [-0.39, 0.29) is 18.2 Å². The second kappa shape index (κ2) is 6.46. The van der Waals surface area contributed by atoms with Crippen LogP contribution < -0.4 is 5.73 Å². The molecular formula is C15H25N3O. The van der Waals surface area contributed by atoms with Crippen LogP contribution >= 0.6 is 0 Å². The van der Waals surface area contributed by atoms with E-state index in [0.717, 1.165) is 25.9 Å². The lowest BCUT2D eigenvalue weighted by Crippen LogP contribution is -2.48. The van der Waals surface area contributed by atoms with Crippen LogP contribution in [-0.2, 0) is 0 Å². The maximum absolute atomic E-state index is 9.87. The Bertz CT molecular complexity index is 384. The van der Waals surface area contributed by atoms with Gasteiger partial charge in [-0.15, -0.1) is 0 Å². The standard InChI is InChI=1S/C15H25N3O/c1-3-13(16)15(12-5-4-7-17-9-12)18-8-6-14(19)11(2)10-18/h4-5,7,9,11,13-15,19H,3,6,8,10,16H2,1-2H3. The Morgan fingerprint density at radius 3 is 2.95 bits per heavy atom. The summed E-state index contributed by atoms with van der Waals surface area (Å²) in [6.45, 7) is 6.03. The quantitative estimate of drug-likeness (QED) is 0.865. The van der Waals surface area contributed by atoms with Crippen molar-refractivity contribution in [2.75, 3.05) is 13.1 Å². The minimum atomic E-state index is -0.177. The fourth-order valence-electron chi connectivity index (χ4n) is 2.92. The molecule has 1 aromatic heterocycles. The van der Waals surface area contributed by atoms with E-state index >= 15 is 0 Å². The van der Waals surface area contributed by atoms with E-state index in [2.05, 4.69) is 29.8 Å². The van der Waals surface area contributed by atoms with Gasteiger partial charge in [-0.1, -0.05) is 19.9 Å². The van der Waals surface area contributed by atoms with Crippen molar-refractivity contribution in [3.05, 3.63) is 30.1 Å². The molecule has 19 heavy (non-hydrogen) atoms. The number of hydrogen-bond donors (Lipinski definition) is 2. The van der Waals surface area contributed by atoms with Gasteiger partial charge in [-0.2, -0.15) is 0 Å². The molecule has 2 heterocycles. The molecule has 1 aromatic rings. The van der Waals surface area contributed by atoms with Crippen LogP contribution in [0.3, 0.4) is 0 Å². The Morgan fingerprint density at radius 2 is 2.37 bits per heavy atom. The van der Waals surface area contributed by atoms with Crippen molar-refractivity contribution in [2.24, 2.45) is 11.7 Å². The molecule has 106 valence electrons. The molecule has 0 bridgehead atoms. The summed E-state index contributed by atoms with van der Waals surface area (Å²) >= 11 is 0. The van der Waals surface area contributed by atoms with Crippen molar-refractivity contribution >= 4 is 0 Å². The number of aliphatic hydroxyl groups excluding tert-OH is 1. The highest BCUT2D eigenvalue weighted by atomic mass is 16.3. The SMILES string of the molecule is CCC(N)C(c1cccnc1)N1CCC(O)C(C)C1. The summed E-state index contributed by atoms with van der Waals surface area (Å²) in [6.07, 6.45) is 5.29. The zero-order valence-corrected chi connectivity index (χ0v) is 11.9. The maximum Gasteiger partial charge on any atom is 0.0590 e. The Balaban J connectivity index is 2.19. The van der Waals surface area contributed by atoms with Crippen LogP contribution in [0.4, 0.5) is 0 Å². The number of likely N-dealkylation sites (tertiary alicyclic amines) is 1. The van der Waals surface area contributed by atoms with Gasteiger partial charge in [0, 0.05) is 31.5 Å². The van der Waals surface area contributed by atoms with Crippen molar-refractivity contribution in [2.45, 2.75) is 44.9 Å². The molecule has 0 spiro atoms. The van der Waals surface area contributed by atoms with E-state index in [4.69, 9.17) is 5.73 Å². The third kappa shape index (κ3) is 3.32. The molecule has 1 aliphatic rings. The topological polar surface area (TPSA) is 62.4 Å². The summed E-state index contributed by atoms with van der Waals surface area (Å²) in [6, 6.07) is 4.37.